The molecule has 2 aromatic carbocycles. The van der Waals surface area contributed by atoms with Crippen LogP contribution < -0.4 is 16.0 Å². The van der Waals surface area contributed by atoms with Crippen LogP contribution in [0.25, 0.3) is 0 Å². The molecule has 0 saturated heterocycles. The molecule has 0 atom stereocenters. The fourth-order valence-electron chi connectivity index (χ4n) is 5.83. The number of nitrogens with two attached hydrogens (primary N) is 1. The number of carbonyl (C=O) groups is 2. The fourth-order valence-corrected chi connectivity index (χ4v) is 5.83. The third-order valence-corrected chi connectivity index (χ3v) is 8.55. The summed E-state index contributed by atoms with van der Waals surface area (Å²) in [6.07, 6.45) is 6.12. The molecule has 0 bridgehead atoms. The molecule has 7 heteroatoms. The first-order valence-corrected chi connectivity index (χ1v) is 13.0. The largest absolute Gasteiger partial charge is 0.388 e. The highest BCUT2D eigenvalue weighted by molar-refractivity contribution is 6.03. The molecule has 0 spiro atoms. The number of primary amides is 1. The SMILES string of the molecule is CN(C)[C@]1(c2ccccc2)CC[C@@](C)(CN(C(=O)NCC2(O)CCC2)c2ccccc2C(N)=O)CC1. The number of nitrogens with zero attached hydrogens (tertiary/aromatic N) is 2. The van der Waals surface area contributed by atoms with Crippen molar-refractivity contribution in [2.24, 2.45) is 11.1 Å². The van der Waals surface area contributed by atoms with Crippen molar-refractivity contribution in [2.75, 3.05) is 32.1 Å². The number of anilines is 1. The van der Waals surface area contributed by atoms with Gasteiger partial charge in [-0.1, -0.05) is 49.4 Å². The molecule has 2 aromatic rings. The quantitative estimate of drug-likeness (QED) is 0.513. The first-order chi connectivity index (χ1) is 17.1. The van der Waals surface area contributed by atoms with Gasteiger partial charge in [0, 0.05) is 18.6 Å². The van der Waals surface area contributed by atoms with Gasteiger partial charge in [-0.05, 0) is 82.2 Å². The maximum Gasteiger partial charge on any atom is 0.322 e. The average Bonchev–Trinajstić information content (AvgIpc) is 2.85. The van der Waals surface area contributed by atoms with Crippen LogP contribution in [0.15, 0.2) is 54.6 Å². The average molecular weight is 493 g/mol. The first kappa shape index (κ1) is 26.2. The molecule has 36 heavy (non-hydrogen) atoms. The second-order valence-corrected chi connectivity index (χ2v) is 11.3. The monoisotopic (exact) mass is 492 g/mol. The van der Waals surface area contributed by atoms with Crippen molar-refractivity contribution >= 4 is 17.6 Å². The number of carbonyl (C=O) groups excluding carboxylic acids is 2. The zero-order valence-electron chi connectivity index (χ0n) is 21.8. The summed E-state index contributed by atoms with van der Waals surface area (Å²) in [6, 6.07) is 17.3. The molecule has 2 aliphatic rings. The molecule has 2 aliphatic carbocycles. The minimum atomic E-state index is -0.833. The lowest BCUT2D eigenvalue weighted by Crippen LogP contribution is -2.54. The summed E-state index contributed by atoms with van der Waals surface area (Å²) in [5, 5.41) is 13.5. The molecule has 194 valence electrons. The lowest BCUT2D eigenvalue weighted by molar-refractivity contribution is -0.0289. The Morgan fingerprint density at radius 1 is 0.944 bits per heavy atom. The Labute approximate surface area is 214 Å². The Kier molecular flexibility index (Phi) is 7.43. The van der Waals surface area contributed by atoms with Gasteiger partial charge in [0.05, 0.1) is 16.9 Å². The molecule has 4 rings (SSSR count). The molecule has 0 radical (unpaired) electrons. The van der Waals surface area contributed by atoms with E-state index in [2.05, 4.69) is 55.5 Å². The van der Waals surface area contributed by atoms with E-state index in [9.17, 15) is 14.7 Å². The summed E-state index contributed by atoms with van der Waals surface area (Å²) in [7, 11) is 4.29. The van der Waals surface area contributed by atoms with Crippen molar-refractivity contribution in [3.8, 4) is 0 Å². The molecule has 2 fully saturated rings. The zero-order valence-corrected chi connectivity index (χ0v) is 21.8. The van der Waals surface area contributed by atoms with Gasteiger partial charge in [0.25, 0.3) is 5.91 Å². The molecule has 0 aliphatic heterocycles. The molecular weight excluding hydrogens is 452 g/mol. The number of hydrogen-bond acceptors (Lipinski definition) is 4. The Morgan fingerprint density at radius 2 is 1.56 bits per heavy atom. The summed E-state index contributed by atoms with van der Waals surface area (Å²) in [6.45, 7) is 2.89. The molecule has 0 aromatic heterocycles. The maximum atomic E-state index is 13.5. The first-order valence-electron chi connectivity index (χ1n) is 13.0. The van der Waals surface area contributed by atoms with Gasteiger partial charge in [0.1, 0.15) is 0 Å². The summed E-state index contributed by atoms with van der Waals surface area (Å²) >= 11 is 0. The maximum absolute atomic E-state index is 13.5. The second kappa shape index (κ2) is 10.2. The lowest BCUT2D eigenvalue weighted by Gasteiger charge is -2.50. The molecule has 2 saturated carbocycles. The summed E-state index contributed by atoms with van der Waals surface area (Å²) in [5.74, 6) is -0.564. The van der Waals surface area contributed by atoms with E-state index < -0.39 is 11.5 Å². The smallest absolute Gasteiger partial charge is 0.322 e. The van der Waals surface area contributed by atoms with E-state index in [0.29, 0.717) is 30.6 Å². The van der Waals surface area contributed by atoms with Gasteiger partial charge in [0.15, 0.2) is 0 Å². The predicted molar refractivity (Wildman–Crippen MR) is 143 cm³/mol. The van der Waals surface area contributed by atoms with Crippen LogP contribution in [0.5, 0.6) is 0 Å². The van der Waals surface area contributed by atoms with Crippen LogP contribution in [0.2, 0.25) is 0 Å². The van der Waals surface area contributed by atoms with E-state index in [4.69, 9.17) is 5.73 Å². The van der Waals surface area contributed by atoms with Crippen LogP contribution in [0.1, 0.15) is 67.8 Å². The zero-order chi connectivity index (χ0) is 26.0. The van der Waals surface area contributed by atoms with Crippen LogP contribution in [-0.4, -0.2) is 54.7 Å². The third-order valence-electron chi connectivity index (χ3n) is 8.55. The number of aliphatic hydroxyl groups is 1. The van der Waals surface area contributed by atoms with Crippen LogP contribution in [0.3, 0.4) is 0 Å². The topological polar surface area (TPSA) is 98.9 Å². The van der Waals surface area contributed by atoms with Crippen molar-refractivity contribution in [3.05, 3.63) is 65.7 Å². The molecule has 4 N–H and O–H groups in total. The predicted octanol–water partition coefficient (Wildman–Crippen LogP) is 4.25. The number of amides is 3. The third kappa shape index (κ3) is 5.27. The number of urea groups is 1. The Bertz CT molecular complexity index is 1070. The van der Waals surface area contributed by atoms with Crippen LogP contribution in [0.4, 0.5) is 10.5 Å². The Morgan fingerprint density at radius 3 is 2.11 bits per heavy atom. The highest BCUT2D eigenvalue weighted by Crippen LogP contribution is 2.48. The lowest BCUT2D eigenvalue weighted by atomic mass is 9.65. The Balaban J connectivity index is 1.58. The Hall–Kier alpha value is -2.90. The highest BCUT2D eigenvalue weighted by Gasteiger charge is 2.44. The van der Waals surface area contributed by atoms with E-state index in [1.54, 1.807) is 23.1 Å². The van der Waals surface area contributed by atoms with Gasteiger partial charge in [-0.2, -0.15) is 0 Å². The van der Waals surface area contributed by atoms with E-state index in [1.807, 2.05) is 12.1 Å². The molecule has 7 nitrogen and oxygen atoms in total. The number of hydrogen-bond donors (Lipinski definition) is 3. The fraction of sp³-hybridized carbons (Fsp3) is 0.517. The summed E-state index contributed by atoms with van der Waals surface area (Å²) in [5.41, 5.74) is 6.80. The highest BCUT2D eigenvalue weighted by atomic mass is 16.3. The number of para-hydroxylation sites is 1. The van der Waals surface area contributed by atoms with Gasteiger partial charge in [-0.3, -0.25) is 14.6 Å². The minimum absolute atomic E-state index is 0.0491. The van der Waals surface area contributed by atoms with Crippen LogP contribution >= 0.6 is 0 Å². The summed E-state index contributed by atoms with van der Waals surface area (Å²) < 4.78 is 0. The van der Waals surface area contributed by atoms with Gasteiger partial charge in [-0.25, -0.2) is 4.79 Å². The van der Waals surface area contributed by atoms with Crippen LogP contribution in [-0.2, 0) is 5.54 Å². The van der Waals surface area contributed by atoms with E-state index >= 15 is 0 Å². The van der Waals surface area contributed by atoms with Crippen molar-refractivity contribution in [3.63, 3.8) is 0 Å². The molecule has 0 unspecified atom stereocenters. The van der Waals surface area contributed by atoms with Gasteiger partial charge < -0.3 is 16.2 Å². The van der Waals surface area contributed by atoms with E-state index in [0.717, 1.165) is 32.1 Å². The van der Waals surface area contributed by atoms with Crippen molar-refractivity contribution in [1.82, 2.24) is 10.2 Å². The number of nitrogens with one attached hydrogen (secondary N) is 1. The van der Waals surface area contributed by atoms with Crippen molar-refractivity contribution < 1.29 is 14.7 Å². The van der Waals surface area contributed by atoms with Gasteiger partial charge >= 0.3 is 6.03 Å². The van der Waals surface area contributed by atoms with Crippen LogP contribution in [0, 0.1) is 5.41 Å². The van der Waals surface area contributed by atoms with Gasteiger partial charge in [-0.15, -0.1) is 0 Å². The van der Waals surface area contributed by atoms with E-state index in [-0.39, 0.29) is 23.5 Å². The van der Waals surface area contributed by atoms with Gasteiger partial charge in [0.2, 0.25) is 0 Å². The van der Waals surface area contributed by atoms with E-state index in [1.165, 1.54) is 5.56 Å². The molecular formula is C29H40N4O3. The summed E-state index contributed by atoms with van der Waals surface area (Å²) in [4.78, 5) is 29.7. The standard InChI is InChI=1S/C29H40N4O3/c1-27(16-18-29(19-17-27,32(2)3)22-10-5-4-6-11-22)21-33(24-13-8-7-12-23(24)25(30)34)26(35)31-20-28(36)14-9-15-28/h4-8,10-13,36H,9,14-21H2,1-3H3,(H2,30,34)(H,31,35)/t27-,29-. The number of benzene rings is 2. The normalized spacial score (nSPS) is 25.1. The van der Waals surface area contributed by atoms with Crippen molar-refractivity contribution in [2.45, 2.75) is 63.0 Å². The molecule has 0 heterocycles. The molecule has 3 amide bonds. The second-order valence-electron chi connectivity index (χ2n) is 11.3. The minimum Gasteiger partial charge on any atom is -0.388 e. The van der Waals surface area contributed by atoms with Crippen molar-refractivity contribution in [1.29, 1.82) is 0 Å². The number of rotatable bonds is 8.